The molecule has 5 heteroatoms. The van der Waals surface area contributed by atoms with E-state index in [1.807, 2.05) is 31.2 Å². The van der Waals surface area contributed by atoms with Gasteiger partial charge in [0.2, 0.25) is 0 Å². The van der Waals surface area contributed by atoms with E-state index in [-0.39, 0.29) is 11.6 Å². The van der Waals surface area contributed by atoms with Crippen molar-refractivity contribution in [3.05, 3.63) is 53.5 Å². The maximum Gasteiger partial charge on any atom is 0.339 e. The Kier molecular flexibility index (Phi) is 4.42. The summed E-state index contributed by atoms with van der Waals surface area (Å²) in [7, 11) is 1.63. The number of para-hydroxylation sites is 1. The minimum Gasteiger partial charge on any atom is -0.496 e. The standard InChI is InChI=1S/C15H17NO4/c1-10(11-5-3-4-6-13(11)19-2)16-9-14-12(15(17)18)7-8-20-14/h3-8,10,16H,9H2,1-2H3,(H,17,18)/t10-/m1/s1. The minimum absolute atomic E-state index is 0.0119. The SMILES string of the molecule is COc1ccccc1[C@@H](C)NCc1occc1C(=O)O. The second-order valence-electron chi connectivity index (χ2n) is 4.41. The molecule has 106 valence electrons. The molecule has 0 saturated carbocycles. The van der Waals surface area contributed by atoms with Crippen molar-refractivity contribution >= 4 is 5.97 Å². The average molecular weight is 275 g/mol. The van der Waals surface area contributed by atoms with E-state index in [1.54, 1.807) is 7.11 Å². The van der Waals surface area contributed by atoms with E-state index in [1.165, 1.54) is 12.3 Å². The highest BCUT2D eigenvalue weighted by Crippen LogP contribution is 2.24. The molecule has 0 aliphatic rings. The molecule has 0 fully saturated rings. The Morgan fingerprint density at radius 2 is 2.15 bits per heavy atom. The quantitative estimate of drug-likeness (QED) is 0.848. The van der Waals surface area contributed by atoms with Crippen LogP contribution in [0, 0.1) is 0 Å². The molecule has 20 heavy (non-hydrogen) atoms. The van der Waals surface area contributed by atoms with Gasteiger partial charge in [0.1, 0.15) is 17.1 Å². The minimum atomic E-state index is -0.986. The van der Waals surface area contributed by atoms with Crippen molar-refractivity contribution in [2.45, 2.75) is 19.5 Å². The van der Waals surface area contributed by atoms with Crippen molar-refractivity contribution in [1.29, 1.82) is 0 Å². The van der Waals surface area contributed by atoms with Crippen LogP contribution in [-0.2, 0) is 6.54 Å². The fourth-order valence-electron chi connectivity index (χ4n) is 2.05. The van der Waals surface area contributed by atoms with Crippen molar-refractivity contribution in [3.8, 4) is 5.75 Å². The first kappa shape index (κ1) is 14.1. The number of carboxylic acid groups (broad SMARTS) is 1. The summed E-state index contributed by atoms with van der Waals surface area (Å²) in [6, 6.07) is 9.17. The Balaban J connectivity index is 2.07. The number of nitrogens with one attached hydrogen (secondary N) is 1. The molecule has 0 radical (unpaired) electrons. The lowest BCUT2D eigenvalue weighted by atomic mass is 10.1. The van der Waals surface area contributed by atoms with Gasteiger partial charge in [0.05, 0.1) is 19.9 Å². The molecule has 0 spiro atoms. The van der Waals surface area contributed by atoms with Gasteiger partial charge in [-0.05, 0) is 19.1 Å². The van der Waals surface area contributed by atoms with Crippen LogP contribution >= 0.6 is 0 Å². The van der Waals surface area contributed by atoms with Gasteiger partial charge in [-0.1, -0.05) is 18.2 Å². The first-order valence-electron chi connectivity index (χ1n) is 6.29. The van der Waals surface area contributed by atoms with Crippen molar-refractivity contribution in [3.63, 3.8) is 0 Å². The van der Waals surface area contributed by atoms with E-state index in [2.05, 4.69) is 5.32 Å². The lowest BCUT2D eigenvalue weighted by Crippen LogP contribution is -2.19. The zero-order chi connectivity index (χ0) is 14.5. The molecule has 1 heterocycles. The zero-order valence-electron chi connectivity index (χ0n) is 11.4. The molecule has 2 aromatic rings. The molecule has 1 aromatic carbocycles. The molecule has 0 aliphatic heterocycles. The van der Waals surface area contributed by atoms with E-state index in [0.29, 0.717) is 12.3 Å². The third-order valence-electron chi connectivity index (χ3n) is 3.15. The molecule has 2 rings (SSSR count). The highest BCUT2D eigenvalue weighted by molar-refractivity contribution is 5.88. The molecule has 2 N–H and O–H groups in total. The Bertz CT molecular complexity index is 591. The average Bonchev–Trinajstić information content (AvgIpc) is 2.93. The fourth-order valence-corrected chi connectivity index (χ4v) is 2.05. The predicted octanol–water partition coefficient (Wildman–Crippen LogP) is 2.84. The zero-order valence-corrected chi connectivity index (χ0v) is 11.4. The lowest BCUT2D eigenvalue weighted by Gasteiger charge is -2.16. The number of aromatic carboxylic acids is 1. The lowest BCUT2D eigenvalue weighted by molar-refractivity contribution is 0.0694. The molecule has 0 saturated heterocycles. The number of rotatable bonds is 6. The Hall–Kier alpha value is -2.27. The molecule has 1 atom stereocenters. The van der Waals surface area contributed by atoms with Crippen LogP contribution in [0.4, 0.5) is 0 Å². The number of ether oxygens (including phenoxy) is 1. The molecular formula is C15H17NO4. The third kappa shape index (κ3) is 3.00. The van der Waals surface area contributed by atoms with Gasteiger partial charge in [-0.2, -0.15) is 0 Å². The van der Waals surface area contributed by atoms with E-state index >= 15 is 0 Å². The van der Waals surface area contributed by atoms with Gasteiger partial charge in [-0.3, -0.25) is 0 Å². The summed E-state index contributed by atoms with van der Waals surface area (Å²) >= 11 is 0. The maximum absolute atomic E-state index is 11.0. The highest BCUT2D eigenvalue weighted by atomic mass is 16.5. The van der Waals surface area contributed by atoms with Gasteiger partial charge < -0.3 is 19.6 Å². The van der Waals surface area contributed by atoms with Gasteiger partial charge >= 0.3 is 5.97 Å². The fraction of sp³-hybridized carbons (Fsp3) is 0.267. The summed E-state index contributed by atoms with van der Waals surface area (Å²) in [5.74, 6) is 0.227. The number of methoxy groups -OCH3 is 1. The molecule has 0 aliphatic carbocycles. The Morgan fingerprint density at radius 1 is 1.40 bits per heavy atom. The van der Waals surface area contributed by atoms with Gasteiger partial charge in [-0.15, -0.1) is 0 Å². The van der Waals surface area contributed by atoms with Crippen molar-refractivity contribution in [2.24, 2.45) is 0 Å². The van der Waals surface area contributed by atoms with Crippen LogP contribution in [0.3, 0.4) is 0 Å². The third-order valence-corrected chi connectivity index (χ3v) is 3.15. The molecule has 0 amide bonds. The molecule has 0 bridgehead atoms. The second kappa shape index (κ2) is 6.25. The Morgan fingerprint density at radius 3 is 2.85 bits per heavy atom. The number of benzene rings is 1. The highest BCUT2D eigenvalue weighted by Gasteiger charge is 2.15. The normalized spacial score (nSPS) is 12.1. The van der Waals surface area contributed by atoms with Crippen molar-refractivity contribution in [2.75, 3.05) is 7.11 Å². The van der Waals surface area contributed by atoms with Gasteiger partial charge in [0.25, 0.3) is 0 Å². The predicted molar refractivity (Wildman–Crippen MR) is 73.9 cm³/mol. The summed E-state index contributed by atoms with van der Waals surface area (Å²) in [6.45, 7) is 2.33. The van der Waals surface area contributed by atoms with Crippen molar-refractivity contribution in [1.82, 2.24) is 5.32 Å². The largest absolute Gasteiger partial charge is 0.496 e. The number of carbonyl (C=O) groups is 1. The first-order chi connectivity index (χ1) is 9.63. The van der Waals surface area contributed by atoms with Gasteiger partial charge in [0.15, 0.2) is 0 Å². The van der Waals surface area contributed by atoms with Crippen LogP contribution in [0.2, 0.25) is 0 Å². The van der Waals surface area contributed by atoms with E-state index < -0.39 is 5.97 Å². The maximum atomic E-state index is 11.0. The molecule has 0 unspecified atom stereocenters. The van der Waals surface area contributed by atoms with Crippen LogP contribution in [0.5, 0.6) is 5.75 Å². The molecular weight excluding hydrogens is 258 g/mol. The van der Waals surface area contributed by atoms with Crippen LogP contribution in [0.15, 0.2) is 41.0 Å². The van der Waals surface area contributed by atoms with Gasteiger partial charge in [0, 0.05) is 11.6 Å². The summed E-state index contributed by atoms with van der Waals surface area (Å²) < 4.78 is 10.5. The van der Waals surface area contributed by atoms with E-state index in [4.69, 9.17) is 14.3 Å². The number of hydrogen-bond donors (Lipinski definition) is 2. The first-order valence-corrected chi connectivity index (χ1v) is 6.29. The van der Waals surface area contributed by atoms with Gasteiger partial charge in [-0.25, -0.2) is 4.79 Å². The molecule has 1 aromatic heterocycles. The topological polar surface area (TPSA) is 71.7 Å². The number of furan rings is 1. The van der Waals surface area contributed by atoms with E-state index in [0.717, 1.165) is 11.3 Å². The summed E-state index contributed by atoms with van der Waals surface area (Å²) in [5, 5.41) is 12.2. The van der Waals surface area contributed by atoms with Crippen LogP contribution in [-0.4, -0.2) is 18.2 Å². The smallest absolute Gasteiger partial charge is 0.339 e. The molecule has 5 nitrogen and oxygen atoms in total. The second-order valence-corrected chi connectivity index (χ2v) is 4.41. The monoisotopic (exact) mass is 275 g/mol. The number of hydrogen-bond acceptors (Lipinski definition) is 4. The van der Waals surface area contributed by atoms with E-state index in [9.17, 15) is 4.79 Å². The van der Waals surface area contributed by atoms with Crippen LogP contribution in [0.1, 0.15) is 34.6 Å². The summed E-state index contributed by atoms with van der Waals surface area (Å²) in [6.07, 6.45) is 1.38. The van der Waals surface area contributed by atoms with Crippen LogP contribution in [0.25, 0.3) is 0 Å². The van der Waals surface area contributed by atoms with Crippen molar-refractivity contribution < 1.29 is 19.1 Å². The van der Waals surface area contributed by atoms with Crippen LogP contribution < -0.4 is 10.1 Å². The summed E-state index contributed by atoms with van der Waals surface area (Å²) in [4.78, 5) is 11.0. The summed E-state index contributed by atoms with van der Waals surface area (Å²) in [5.41, 5.74) is 1.20. The Labute approximate surface area is 117 Å². The number of carboxylic acids is 1.